The second-order valence-corrected chi connectivity index (χ2v) is 11.4. The molecular weight excluding hydrogens is 548 g/mol. The van der Waals surface area contributed by atoms with E-state index >= 15 is 8.78 Å². The zero-order valence-electron chi connectivity index (χ0n) is 24.8. The lowest BCUT2D eigenvalue weighted by atomic mass is 9.77. The van der Waals surface area contributed by atoms with Crippen LogP contribution in [0.4, 0.5) is 8.78 Å². The van der Waals surface area contributed by atoms with Gasteiger partial charge in [-0.25, -0.2) is 8.78 Å². The molecule has 1 fully saturated rings. The summed E-state index contributed by atoms with van der Waals surface area (Å²) in [6.45, 7) is 5.55. The van der Waals surface area contributed by atoms with Crippen LogP contribution in [-0.2, 0) is 29.8 Å². The summed E-state index contributed by atoms with van der Waals surface area (Å²) in [5.74, 6) is 0.677. The predicted octanol–water partition coefficient (Wildman–Crippen LogP) is 7.86. The van der Waals surface area contributed by atoms with E-state index in [1.165, 1.54) is 17.7 Å². The lowest BCUT2D eigenvalue weighted by molar-refractivity contribution is -0.106. The van der Waals surface area contributed by atoms with E-state index in [4.69, 9.17) is 24.7 Å². The van der Waals surface area contributed by atoms with E-state index in [1.807, 2.05) is 48.5 Å². The van der Waals surface area contributed by atoms with E-state index in [9.17, 15) is 0 Å². The monoisotopic (exact) mass is 587 g/mol. The van der Waals surface area contributed by atoms with Crippen LogP contribution in [0.3, 0.4) is 0 Å². The van der Waals surface area contributed by atoms with Crippen molar-refractivity contribution in [3.63, 3.8) is 0 Å². The molecule has 5 rings (SSSR count). The molecule has 1 aliphatic heterocycles. The van der Waals surface area contributed by atoms with E-state index in [1.54, 1.807) is 38.1 Å². The van der Waals surface area contributed by atoms with Gasteiger partial charge in [0.1, 0.15) is 42.1 Å². The van der Waals surface area contributed by atoms with Crippen molar-refractivity contribution >= 4 is 0 Å². The van der Waals surface area contributed by atoms with Crippen LogP contribution in [0.15, 0.2) is 84.9 Å². The van der Waals surface area contributed by atoms with Gasteiger partial charge in [0.15, 0.2) is 6.29 Å². The molecular formula is C36H39F2NO4. The molecule has 0 amide bonds. The molecule has 1 saturated heterocycles. The lowest BCUT2D eigenvalue weighted by Gasteiger charge is -2.28. The van der Waals surface area contributed by atoms with Crippen molar-refractivity contribution < 1.29 is 27.7 Å². The molecule has 0 saturated carbocycles. The number of ether oxygens (including phenoxy) is 4. The Labute approximate surface area is 252 Å². The van der Waals surface area contributed by atoms with Crippen LogP contribution in [0.5, 0.6) is 17.2 Å². The topological polar surface area (TPSA) is 62.9 Å². The summed E-state index contributed by atoms with van der Waals surface area (Å²) in [5.41, 5.74) is 8.56. The molecule has 1 atom stereocenters. The summed E-state index contributed by atoms with van der Waals surface area (Å²) in [6.07, 6.45) is 3.28. The molecule has 4 aromatic carbocycles. The minimum atomic E-state index is -0.925. The average Bonchev–Trinajstić information content (AvgIpc) is 3.00. The van der Waals surface area contributed by atoms with Crippen LogP contribution in [-0.4, -0.2) is 19.4 Å². The smallest absolute Gasteiger partial charge is 0.199 e. The highest BCUT2D eigenvalue weighted by atomic mass is 19.1. The van der Waals surface area contributed by atoms with E-state index in [-0.39, 0.29) is 12.9 Å². The van der Waals surface area contributed by atoms with Gasteiger partial charge in [0.25, 0.3) is 0 Å². The third-order valence-electron chi connectivity index (χ3n) is 7.79. The van der Waals surface area contributed by atoms with Gasteiger partial charge in [0, 0.05) is 24.0 Å². The van der Waals surface area contributed by atoms with Gasteiger partial charge in [-0.1, -0.05) is 56.3 Å². The maximum absolute atomic E-state index is 15.4. The average molecular weight is 588 g/mol. The van der Waals surface area contributed by atoms with Crippen molar-refractivity contribution in [1.82, 2.24) is 0 Å². The summed E-state index contributed by atoms with van der Waals surface area (Å²) >= 11 is 0. The molecule has 5 nitrogen and oxygen atoms in total. The largest absolute Gasteiger partial charge is 0.489 e. The second kappa shape index (κ2) is 14.0. The summed E-state index contributed by atoms with van der Waals surface area (Å²) in [7, 11) is 0. The summed E-state index contributed by atoms with van der Waals surface area (Å²) in [4.78, 5) is 0. The van der Waals surface area contributed by atoms with Crippen molar-refractivity contribution in [2.24, 2.45) is 5.73 Å². The standard InChI is InChI=1S/C36H39F2NO4/c1-36(2,32-16-14-30(22-34(32)38)43-35-8-3-4-19-40-35)31-15-13-29(21-33(31)37)42-24-27-7-5-6-26(20-27)23-41-28-11-9-25(10-12-28)17-18-39/h5-7,9-16,20-22,35H,3-4,8,17-19,23-24,39H2,1-2H3. The molecule has 0 aliphatic carbocycles. The van der Waals surface area contributed by atoms with Crippen molar-refractivity contribution in [1.29, 1.82) is 0 Å². The first kappa shape index (κ1) is 30.5. The maximum atomic E-state index is 15.4. The third-order valence-corrected chi connectivity index (χ3v) is 7.79. The van der Waals surface area contributed by atoms with E-state index in [0.29, 0.717) is 42.4 Å². The highest BCUT2D eigenvalue weighted by molar-refractivity contribution is 5.43. The number of nitrogens with two attached hydrogens (primary N) is 1. The number of rotatable bonds is 12. The first-order valence-electron chi connectivity index (χ1n) is 14.8. The molecule has 1 unspecified atom stereocenters. The lowest BCUT2D eigenvalue weighted by Crippen LogP contribution is -2.25. The minimum Gasteiger partial charge on any atom is -0.489 e. The molecule has 1 heterocycles. The van der Waals surface area contributed by atoms with Gasteiger partial charge in [0.2, 0.25) is 0 Å². The molecule has 4 aromatic rings. The van der Waals surface area contributed by atoms with Gasteiger partial charge >= 0.3 is 0 Å². The quantitative estimate of drug-likeness (QED) is 0.183. The Balaban J connectivity index is 1.19. The van der Waals surface area contributed by atoms with Crippen molar-refractivity contribution in [3.8, 4) is 17.2 Å². The first-order chi connectivity index (χ1) is 20.8. The van der Waals surface area contributed by atoms with Crippen LogP contribution >= 0.6 is 0 Å². The van der Waals surface area contributed by atoms with Gasteiger partial charge in [-0.3, -0.25) is 0 Å². The summed E-state index contributed by atoms with van der Waals surface area (Å²) in [5, 5.41) is 0. The maximum Gasteiger partial charge on any atom is 0.199 e. The second-order valence-electron chi connectivity index (χ2n) is 11.4. The molecule has 0 radical (unpaired) electrons. The number of benzene rings is 4. The van der Waals surface area contributed by atoms with Gasteiger partial charge in [0.05, 0.1) is 6.61 Å². The molecule has 7 heteroatoms. The Morgan fingerprint density at radius 3 is 1.95 bits per heavy atom. The van der Waals surface area contributed by atoms with Crippen molar-refractivity contribution in [2.45, 2.75) is 64.4 Å². The van der Waals surface area contributed by atoms with Gasteiger partial charge in [-0.15, -0.1) is 0 Å². The number of halogens is 2. The Kier molecular flexibility index (Phi) is 9.95. The summed E-state index contributed by atoms with van der Waals surface area (Å²) in [6, 6.07) is 25.3. The Hall–Kier alpha value is -3.94. The third kappa shape index (κ3) is 7.92. The predicted molar refractivity (Wildman–Crippen MR) is 163 cm³/mol. The van der Waals surface area contributed by atoms with Gasteiger partial charge < -0.3 is 24.7 Å². The van der Waals surface area contributed by atoms with Crippen LogP contribution in [0.2, 0.25) is 0 Å². The fraction of sp³-hybridized carbons (Fsp3) is 0.333. The Morgan fingerprint density at radius 1 is 0.744 bits per heavy atom. The summed E-state index contributed by atoms with van der Waals surface area (Å²) < 4.78 is 53.9. The minimum absolute atomic E-state index is 0.268. The van der Waals surface area contributed by atoms with Crippen molar-refractivity contribution in [2.75, 3.05) is 13.2 Å². The fourth-order valence-corrected chi connectivity index (χ4v) is 5.33. The molecule has 43 heavy (non-hydrogen) atoms. The van der Waals surface area contributed by atoms with E-state index < -0.39 is 17.0 Å². The van der Waals surface area contributed by atoms with Gasteiger partial charge in [-0.2, -0.15) is 0 Å². The van der Waals surface area contributed by atoms with Crippen molar-refractivity contribution in [3.05, 3.63) is 124 Å². The highest BCUT2D eigenvalue weighted by Gasteiger charge is 2.30. The Bertz CT molecular complexity index is 1500. The molecule has 1 aliphatic rings. The van der Waals surface area contributed by atoms with Crippen LogP contribution in [0.1, 0.15) is 60.9 Å². The van der Waals surface area contributed by atoms with E-state index in [0.717, 1.165) is 42.6 Å². The van der Waals surface area contributed by atoms with Crippen LogP contribution in [0, 0.1) is 11.6 Å². The Morgan fingerprint density at radius 2 is 1.35 bits per heavy atom. The number of hydrogen-bond donors (Lipinski definition) is 1. The zero-order chi connectivity index (χ0) is 30.2. The normalized spacial score (nSPS) is 15.2. The van der Waals surface area contributed by atoms with Crippen LogP contribution < -0.4 is 19.9 Å². The van der Waals surface area contributed by atoms with Gasteiger partial charge in [-0.05, 0) is 84.0 Å². The SMILES string of the molecule is CC(C)(c1ccc(OCc2cccc(COc3ccc(CCN)cc3)c2)cc1F)c1ccc(OC2CCCCO2)cc1F. The van der Waals surface area contributed by atoms with Crippen LogP contribution in [0.25, 0.3) is 0 Å². The number of hydrogen-bond acceptors (Lipinski definition) is 5. The fourth-order valence-electron chi connectivity index (χ4n) is 5.33. The molecule has 226 valence electrons. The highest BCUT2D eigenvalue weighted by Crippen LogP contribution is 2.37. The molecule has 0 bridgehead atoms. The molecule has 0 spiro atoms. The first-order valence-corrected chi connectivity index (χ1v) is 14.8. The molecule has 2 N–H and O–H groups in total. The molecule has 0 aromatic heterocycles. The zero-order valence-corrected chi connectivity index (χ0v) is 24.8. The van der Waals surface area contributed by atoms with E-state index in [2.05, 4.69) is 0 Å².